The molecule has 0 spiro atoms. The van der Waals surface area contributed by atoms with Gasteiger partial charge in [0.15, 0.2) is 0 Å². The fourth-order valence-electron chi connectivity index (χ4n) is 1.75. The fraction of sp³-hybridized carbons (Fsp3) is 0.167. The highest BCUT2D eigenvalue weighted by molar-refractivity contribution is 5.94. The maximum absolute atomic E-state index is 13.6. The second-order valence-corrected chi connectivity index (χ2v) is 3.49. The first-order valence-electron chi connectivity index (χ1n) is 4.85. The van der Waals surface area contributed by atoms with Crippen molar-refractivity contribution in [3.05, 3.63) is 35.6 Å². The number of rotatable bonds is 2. The van der Waals surface area contributed by atoms with Crippen LogP contribution in [0.3, 0.4) is 0 Å². The Morgan fingerprint density at radius 3 is 2.75 bits per heavy atom. The number of hydrogen-bond donors (Lipinski definition) is 2. The van der Waals surface area contributed by atoms with Crippen LogP contribution in [0.25, 0.3) is 10.8 Å². The summed E-state index contributed by atoms with van der Waals surface area (Å²) >= 11 is 0. The van der Waals surface area contributed by atoms with Crippen molar-refractivity contribution >= 4 is 10.8 Å². The van der Waals surface area contributed by atoms with Gasteiger partial charge in [-0.05, 0) is 29.8 Å². The molecule has 84 valence electrons. The molecule has 0 saturated carbocycles. The third-order valence-electron chi connectivity index (χ3n) is 2.52. The van der Waals surface area contributed by atoms with Crippen molar-refractivity contribution in [2.45, 2.75) is 6.54 Å². The summed E-state index contributed by atoms with van der Waals surface area (Å²) in [5.74, 6) is -0.0757. The molecule has 3 nitrogen and oxygen atoms in total. The van der Waals surface area contributed by atoms with Gasteiger partial charge in [-0.15, -0.1) is 0 Å². The zero-order chi connectivity index (χ0) is 11.7. The molecule has 0 heterocycles. The largest absolute Gasteiger partial charge is 0.507 e. The van der Waals surface area contributed by atoms with E-state index in [0.717, 1.165) is 5.56 Å². The van der Waals surface area contributed by atoms with Crippen LogP contribution in [0.2, 0.25) is 0 Å². The van der Waals surface area contributed by atoms with Gasteiger partial charge in [0.2, 0.25) is 0 Å². The summed E-state index contributed by atoms with van der Waals surface area (Å²) in [4.78, 5) is 0. The molecule has 2 rings (SSSR count). The molecule has 2 aromatic carbocycles. The summed E-state index contributed by atoms with van der Waals surface area (Å²) in [6.07, 6.45) is 0. The molecular formula is C12H12FNO2. The van der Waals surface area contributed by atoms with E-state index >= 15 is 0 Å². The van der Waals surface area contributed by atoms with Gasteiger partial charge in [0.05, 0.1) is 12.5 Å². The van der Waals surface area contributed by atoms with Crippen LogP contribution < -0.4 is 10.5 Å². The number of methoxy groups -OCH3 is 1. The monoisotopic (exact) mass is 221 g/mol. The van der Waals surface area contributed by atoms with E-state index in [1.54, 1.807) is 6.07 Å². The summed E-state index contributed by atoms with van der Waals surface area (Å²) in [7, 11) is 1.50. The second kappa shape index (κ2) is 3.98. The summed E-state index contributed by atoms with van der Waals surface area (Å²) in [5, 5.41) is 10.4. The third-order valence-corrected chi connectivity index (χ3v) is 2.52. The van der Waals surface area contributed by atoms with Gasteiger partial charge in [0.25, 0.3) is 0 Å². The highest BCUT2D eigenvalue weighted by Gasteiger charge is 2.11. The molecule has 16 heavy (non-hydrogen) atoms. The first kappa shape index (κ1) is 10.7. The summed E-state index contributed by atoms with van der Waals surface area (Å²) < 4.78 is 18.7. The van der Waals surface area contributed by atoms with E-state index in [2.05, 4.69) is 0 Å². The lowest BCUT2D eigenvalue weighted by molar-refractivity contribution is 0.418. The average Bonchev–Trinajstić information content (AvgIpc) is 2.28. The van der Waals surface area contributed by atoms with Gasteiger partial charge >= 0.3 is 0 Å². The zero-order valence-corrected chi connectivity index (χ0v) is 8.83. The predicted molar refractivity (Wildman–Crippen MR) is 60.0 cm³/mol. The Bertz CT molecular complexity index is 540. The van der Waals surface area contributed by atoms with Gasteiger partial charge in [-0.2, -0.15) is 0 Å². The van der Waals surface area contributed by atoms with E-state index in [1.807, 2.05) is 0 Å². The Morgan fingerprint density at radius 1 is 1.38 bits per heavy atom. The van der Waals surface area contributed by atoms with Crippen LogP contribution >= 0.6 is 0 Å². The van der Waals surface area contributed by atoms with E-state index < -0.39 is 5.82 Å². The van der Waals surface area contributed by atoms with Crippen LogP contribution in [0, 0.1) is 5.82 Å². The molecule has 3 N–H and O–H groups in total. The van der Waals surface area contributed by atoms with Gasteiger partial charge in [0.1, 0.15) is 17.3 Å². The van der Waals surface area contributed by atoms with E-state index in [-0.39, 0.29) is 17.7 Å². The molecular weight excluding hydrogens is 209 g/mol. The molecule has 0 unspecified atom stereocenters. The molecule has 0 aliphatic rings. The number of ether oxygens (including phenoxy) is 1. The van der Waals surface area contributed by atoms with Crippen molar-refractivity contribution in [2.24, 2.45) is 5.73 Å². The average molecular weight is 221 g/mol. The Morgan fingerprint density at radius 2 is 2.12 bits per heavy atom. The predicted octanol–water partition coefficient (Wildman–Crippen LogP) is 2.15. The number of nitrogens with two attached hydrogens (primary N) is 1. The molecule has 0 amide bonds. The van der Waals surface area contributed by atoms with Crippen LogP contribution in [0.5, 0.6) is 11.5 Å². The summed E-state index contributed by atoms with van der Waals surface area (Å²) in [6.45, 7) is 0.281. The Hall–Kier alpha value is -1.81. The SMILES string of the molecule is COc1ccc(F)c2c(O)cc(CN)cc12. The lowest BCUT2D eigenvalue weighted by Crippen LogP contribution is -1.97. The number of aromatic hydroxyl groups is 1. The molecule has 0 aliphatic heterocycles. The lowest BCUT2D eigenvalue weighted by Gasteiger charge is -2.09. The van der Waals surface area contributed by atoms with Crippen molar-refractivity contribution in [1.82, 2.24) is 0 Å². The number of phenolic OH excluding ortho intramolecular Hbond substituents is 1. The Balaban J connectivity index is 2.87. The maximum Gasteiger partial charge on any atom is 0.135 e. The molecule has 0 saturated heterocycles. The quantitative estimate of drug-likeness (QED) is 0.817. The summed E-state index contributed by atoms with van der Waals surface area (Å²) in [5.41, 5.74) is 6.22. The first-order chi connectivity index (χ1) is 7.67. The van der Waals surface area contributed by atoms with Crippen LogP contribution in [0.1, 0.15) is 5.56 Å². The van der Waals surface area contributed by atoms with E-state index in [9.17, 15) is 9.50 Å². The molecule has 0 bridgehead atoms. The van der Waals surface area contributed by atoms with Crippen LogP contribution in [0.4, 0.5) is 4.39 Å². The normalized spacial score (nSPS) is 10.7. The highest BCUT2D eigenvalue weighted by Crippen LogP contribution is 2.34. The van der Waals surface area contributed by atoms with Crippen molar-refractivity contribution in [2.75, 3.05) is 7.11 Å². The fourth-order valence-corrected chi connectivity index (χ4v) is 1.75. The Labute approximate surface area is 92.3 Å². The van der Waals surface area contributed by atoms with Gasteiger partial charge in [-0.25, -0.2) is 4.39 Å². The highest BCUT2D eigenvalue weighted by atomic mass is 19.1. The first-order valence-corrected chi connectivity index (χ1v) is 4.85. The molecule has 0 atom stereocenters. The number of halogens is 1. The maximum atomic E-state index is 13.6. The Kier molecular flexibility index (Phi) is 2.66. The summed E-state index contributed by atoms with van der Waals surface area (Å²) in [6, 6.07) is 5.97. The lowest BCUT2D eigenvalue weighted by atomic mass is 10.0. The van der Waals surface area contributed by atoms with Crippen LogP contribution in [-0.4, -0.2) is 12.2 Å². The van der Waals surface area contributed by atoms with Crippen molar-refractivity contribution in [3.63, 3.8) is 0 Å². The van der Waals surface area contributed by atoms with Gasteiger partial charge in [-0.3, -0.25) is 0 Å². The molecule has 0 aromatic heterocycles. The van der Waals surface area contributed by atoms with Crippen LogP contribution in [-0.2, 0) is 6.54 Å². The number of fused-ring (bicyclic) bond motifs is 1. The minimum Gasteiger partial charge on any atom is -0.507 e. The molecule has 0 aliphatic carbocycles. The number of benzene rings is 2. The second-order valence-electron chi connectivity index (χ2n) is 3.49. The van der Waals surface area contributed by atoms with Crippen molar-refractivity contribution < 1.29 is 14.2 Å². The van der Waals surface area contributed by atoms with Gasteiger partial charge in [0, 0.05) is 11.9 Å². The van der Waals surface area contributed by atoms with E-state index in [4.69, 9.17) is 10.5 Å². The minimum atomic E-state index is -0.475. The topological polar surface area (TPSA) is 55.5 Å². The van der Waals surface area contributed by atoms with Crippen LogP contribution in [0.15, 0.2) is 24.3 Å². The minimum absolute atomic E-state index is 0.116. The smallest absolute Gasteiger partial charge is 0.135 e. The number of hydrogen-bond acceptors (Lipinski definition) is 3. The molecule has 0 radical (unpaired) electrons. The molecule has 0 fully saturated rings. The third kappa shape index (κ3) is 1.57. The molecule has 4 heteroatoms. The van der Waals surface area contributed by atoms with Gasteiger partial charge in [-0.1, -0.05) is 0 Å². The number of phenols is 1. The standard InChI is InChI=1S/C12H12FNO2/c1-16-11-3-2-9(13)12-8(11)4-7(6-14)5-10(12)15/h2-5,15H,6,14H2,1H3. The molecule has 2 aromatic rings. The van der Waals surface area contributed by atoms with E-state index in [0.29, 0.717) is 11.1 Å². The van der Waals surface area contributed by atoms with Gasteiger partial charge < -0.3 is 15.6 Å². The van der Waals surface area contributed by atoms with Crippen molar-refractivity contribution in [3.8, 4) is 11.5 Å². The van der Waals surface area contributed by atoms with E-state index in [1.165, 1.54) is 25.3 Å². The zero-order valence-electron chi connectivity index (χ0n) is 8.83. The van der Waals surface area contributed by atoms with Crippen molar-refractivity contribution in [1.29, 1.82) is 0 Å².